The second-order valence-corrected chi connectivity index (χ2v) is 10.1. The van der Waals surface area contributed by atoms with Crippen molar-refractivity contribution in [3.05, 3.63) is 59.7 Å². The number of fused-ring (bicyclic) bond motifs is 1. The van der Waals surface area contributed by atoms with E-state index in [1.165, 1.54) is 9.87 Å². The van der Waals surface area contributed by atoms with Crippen molar-refractivity contribution in [2.45, 2.75) is 37.6 Å². The molecule has 160 valence electrons. The highest BCUT2D eigenvalue weighted by atomic mass is 32.2. The average Bonchev–Trinajstić information content (AvgIpc) is 2.78. The van der Waals surface area contributed by atoms with Gasteiger partial charge in [-0.05, 0) is 50.5 Å². The smallest absolute Gasteiger partial charge is 0.244 e. The lowest BCUT2D eigenvalue weighted by Gasteiger charge is -2.39. The first kappa shape index (κ1) is 21.0. The molecule has 0 aliphatic carbocycles. The number of sulfonamides is 1. The maximum atomic E-state index is 13.2. The quantitative estimate of drug-likeness (QED) is 0.753. The van der Waals surface area contributed by atoms with Crippen molar-refractivity contribution in [3.63, 3.8) is 0 Å². The van der Waals surface area contributed by atoms with Crippen molar-refractivity contribution in [3.8, 4) is 0 Å². The normalized spacial score (nSPS) is 19.3. The van der Waals surface area contributed by atoms with Gasteiger partial charge in [-0.25, -0.2) is 8.42 Å². The summed E-state index contributed by atoms with van der Waals surface area (Å²) in [6.45, 7) is 6.50. The van der Waals surface area contributed by atoms with E-state index in [0.29, 0.717) is 31.1 Å². The van der Waals surface area contributed by atoms with Crippen molar-refractivity contribution in [2.75, 3.05) is 37.6 Å². The molecule has 30 heavy (non-hydrogen) atoms. The Morgan fingerprint density at radius 1 is 0.933 bits per heavy atom. The summed E-state index contributed by atoms with van der Waals surface area (Å²) in [5.74, 6) is 0.0944. The molecule has 0 unspecified atom stereocenters. The van der Waals surface area contributed by atoms with Gasteiger partial charge in [0.05, 0.1) is 10.9 Å². The number of benzene rings is 2. The zero-order chi connectivity index (χ0) is 21.3. The van der Waals surface area contributed by atoms with Crippen LogP contribution in [-0.4, -0.2) is 62.3 Å². The predicted octanol–water partition coefficient (Wildman–Crippen LogP) is 2.67. The van der Waals surface area contributed by atoms with Crippen LogP contribution in [-0.2, 0) is 21.2 Å². The van der Waals surface area contributed by atoms with Crippen molar-refractivity contribution < 1.29 is 13.2 Å². The first-order chi connectivity index (χ1) is 14.4. The number of hydrogen-bond acceptors (Lipinski definition) is 4. The van der Waals surface area contributed by atoms with Gasteiger partial charge in [0.15, 0.2) is 0 Å². The Hall–Kier alpha value is -2.22. The number of amides is 1. The maximum absolute atomic E-state index is 13.2. The molecule has 2 heterocycles. The molecule has 0 bridgehead atoms. The molecule has 1 fully saturated rings. The molecule has 4 rings (SSSR count). The van der Waals surface area contributed by atoms with E-state index in [1.54, 1.807) is 12.1 Å². The number of aryl methyl sites for hydroxylation is 2. The van der Waals surface area contributed by atoms with Crippen molar-refractivity contribution in [1.29, 1.82) is 0 Å². The summed E-state index contributed by atoms with van der Waals surface area (Å²) in [5, 5.41) is 0. The SMILES string of the molecule is Cc1ccc(S(=O)(=O)N2CCN([C@@H](C)C(=O)N3CCCc4ccccc43)CC2)cc1. The number of para-hydroxylation sites is 1. The molecule has 0 aromatic heterocycles. The van der Waals surface area contributed by atoms with Gasteiger partial charge >= 0.3 is 0 Å². The lowest BCUT2D eigenvalue weighted by atomic mass is 10.0. The second-order valence-electron chi connectivity index (χ2n) is 8.15. The van der Waals surface area contributed by atoms with Crippen LogP contribution in [0.3, 0.4) is 0 Å². The third-order valence-electron chi connectivity index (χ3n) is 6.21. The number of nitrogens with zero attached hydrogens (tertiary/aromatic N) is 3. The van der Waals surface area contributed by atoms with Crippen LogP contribution >= 0.6 is 0 Å². The summed E-state index contributed by atoms with van der Waals surface area (Å²) in [5.41, 5.74) is 3.27. The number of anilines is 1. The Morgan fingerprint density at radius 2 is 1.60 bits per heavy atom. The molecule has 2 aliphatic rings. The summed E-state index contributed by atoms with van der Waals surface area (Å²) in [6, 6.07) is 14.8. The van der Waals surface area contributed by atoms with Crippen LogP contribution in [0.5, 0.6) is 0 Å². The van der Waals surface area contributed by atoms with Crippen LogP contribution in [0.25, 0.3) is 0 Å². The lowest BCUT2D eigenvalue weighted by molar-refractivity contribution is -0.123. The Balaban J connectivity index is 1.42. The molecule has 1 saturated heterocycles. The second kappa shape index (κ2) is 8.49. The van der Waals surface area contributed by atoms with Crippen LogP contribution < -0.4 is 4.90 Å². The minimum atomic E-state index is -3.50. The third kappa shape index (κ3) is 4.02. The molecule has 2 aliphatic heterocycles. The van der Waals surface area contributed by atoms with Crippen LogP contribution in [0.1, 0.15) is 24.5 Å². The summed E-state index contributed by atoms with van der Waals surface area (Å²) in [6.07, 6.45) is 1.97. The molecule has 0 radical (unpaired) electrons. The number of hydrogen-bond donors (Lipinski definition) is 0. The van der Waals surface area contributed by atoms with Gasteiger partial charge < -0.3 is 4.90 Å². The van der Waals surface area contributed by atoms with Gasteiger partial charge in [-0.3, -0.25) is 9.69 Å². The Kier molecular flexibility index (Phi) is 5.95. The van der Waals surface area contributed by atoms with Crippen molar-refractivity contribution in [1.82, 2.24) is 9.21 Å². The summed E-state index contributed by atoms with van der Waals surface area (Å²) in [4.78, 5) is 17.6. The molecule has 2 aromatic rings. The minimum Gasteiger partial charge on any atom is -0.311 e. The number of carbonyl (C=O) groups excluding carboxylic acids is 1. The fraction of sp³-hybridized carbons (Fsp3) is 0.435. The van der Waals surface area contributed by atoms with Crippen molar-refractivity contribution in [2.24, 2.45) is 0 Å². The van der Waals surface area contributed by atoms with E-state index in [-0.39, 0.29) is 11.9 Å². The molecule has 0 saturated carbocycles. The number of rotatable bonds is 4. The van der Waals surface area contributed by atoms with Gasteiger partial charge in [0.2, 0.25) is 15.9 Å². The van der Waals surface area contributed by atoms with Crippen LogP contribution in [0, 0.1) is 6.92 Å². The van der Waals surface area contributed by atoms with Crippen LogP contribution in [0.4, 0.5) is 5.69 Å². The van der Waals surface area contributed by atoms with E-state index in [2.05, 4.69) is 11.0 Å². The van der Waals surface area contributed by atoms with E-state index in [9.17, 15) is 13.2 Å². The van der Waals surface area contributed by atoms with Gasteiger partial charge in [0.25, 0.3) is 0 Å². The van der Waals surface area contributed by atoms with E-state index in [0.717, 1.165) is 30.6 Å². The predicted molar refractivity (Wildman–Crippen MR) is 118 cm³/mol. The fourth-order valence-corrected chi connectivity index (χ4v) is 5.76. The van der Waals surface area contributed by atoms with E-state index >= 15 is 0 Å². The average molecular weight is 428 g/mol. The van der Waals surface area contributed by atoms with Crippen LogP contribution in [0.15, 0.2) is 53.4 Å². The van der Waals surface area contributed by atoms with Gasteiger partial charge in [-0.2, -0.15) is 4.31 Å². The lowest BCUT2D eigenvalue weighted by Crippen LogP contribution is -2.56. The van der Waals surface area contributed by atoms with E-state index < -0.39 is 10.0 Å². The maximum Gasteiger partial charge on any atom is 0.244 e. The van der Waals surface area contributed by atoms with E-state index in [1.807, 2.05) is 49.1 Å². The van der Waals surface area contributed by atoms with Gasteiger partial charge in [-0.1, -0.05) is 35.9 Å². The first-order valence-electron chi connectivity index (χ1n) is 10.6. The van der Waals surface area contributed by atoms with Crippen LogP contribution in [0.2, 0.25) is 0 Å². The molecule has 1 amide bonds. The summed E-state index contributed by atoms with van der Waals surface area (Å²) in [7, 11) is -3.50. The molecule has 0 N–H and O–H groups in total. The first-order valence-corrected chi connectivity index (χ1v) is 12.0. The molecule has 6 nitrogen and oxygen atoms in total. The number of carbonyl (C=O) groups is 1. The Labute approximate surface area is 179 Å². The minimum absolute atomic E-state index is 0.0944. The molecule has 2 aromatic carbocycles. The highest BCUT2D eigenvalue weighted by molar-refractivity contribution is 7.89. The molecule has 7 heteroatoms. The monoisotopic (exact) mass is 427 g/mol. The van der Waals surface area contributed by atoms with Gasteiger partial charge in [-0.15, -0.1) is 0 Å². The molecule has 0 spiro atoms. The van der Waals surface area contributed by atoms with Gasteiger partial charge in [0.1, 0.15) is 0 Å². The Bertz CT molecular complexity index is 1010. The Morgan fingerprint density at radius 3 is 2.30 bits per heavy atom. The summed E-state index contributed by atoms with van der Waals surface area (Å²) >= 11 is 0. The van der Waals surface area contributed by atoms with Gasteiger partial charge in [0, 0.05) is 38.4 Å². The topological polar surface area (TPSA) is 60.9 Å². The zero-order valence-electron chi connectivity index (χ0n) is 17.6. The standard InChI is InChI=1S/C23H29N3O3S/c1-18-9-11-21(12-10-18)30(28,29)25-16-14-24(15-17-25)19(2)23(27)26-13-5-7-20-6-3-4-8-22(20)26/h3-4,6,8-12,19H,5,7,13-17H2,1-2H3/t19-/m0/s1. The van der Waals surface area contributed by atoms with E-state index in [4.69, 9.17) is 0 Å². The highest BCUT2D eigenvalue weighted by Crippen LogP contribution is 2.28. The largest absolute Gasteiger partial charge is 0.311 e. The zero-order valence-corrected chi connectivity index (χ0v) is 18.4. The third-order valence-corrected chi connectivity index (χ3v) is 8.13. The molecule has 1 atom stereocenters. The highest BCUT2D eigenvalue weighted by Gasteiger charge is 2.34. The number of piperazine rings is 1. The molecular formula is C23H29N3O3S. The summed E-state index contributed by atoms with van der Waals surface area (Å²) < 4.78 is 27.4. The van der Waals surface area contributed by atoms with Crippen molar-refractivity contribution >= 4 is 21.6 Å². The molecular weight excluding hydrogens is 398 g/mol. The fourth-order valence-electron chi connectivity index (χ4n) is 4.33.